The fourth-order valence-electron chi connectivity index (χ4n) is 2.72. The molecule has 0 aliphatic heterocycles. The lowest BCUT2D eigenvalue weighted by Gasteiger charge is -2.23. The Morgan fingerprint density at radius 1 is 1.04 bits per heavy atom. The number of fused-ring (bicyclic) bond motifs is 1. The van der Waals surface area contributed by atoms with Crippen molar-refractivity contribution in [2.75, 3.05) is 22.4 Å². The van der Waals surface area contributed by atoms with E-state index < -0.39 is 34.1 Å². The van der Waals surface area contributed by atoms with Gasteiger partial charge in [0.1, 0.15) is 18.2 Å². The second-order valence-corrected chi connectivity index (χ2v) is 7.85. The van der Waals surface area contributed by atoms with Gasteiger partial charge in [-0.15, -0.1) is 0 Å². The Morgan fingerprint density at radius 3 is 2.44 bits per heavy atom. The van der Waals surface area contributed by atoms with Crippen molar-refractivity contribution in [1.82, 2.24) is 0 Å². The summed E-state index contributed by atoms with van der Waals surface area (Å²) in [5, 5.41) is 3.74. The van der Waals surface area contributed by atoms with Gasteiger partial charge in [0.25, 0.3) is 0 Å². The molecule has 0 saturated heterocycles. The van der Waals surface area contributed by atoms with E-state index in [0.29, 0.717) is 17.1 Å². The van der Waals surface area contributed by atoms with Crippen LogP contribution in [0.2, 0.25) is 0 Å². The molecule has 3 rings (SSSR count). The third kappa shape index (κ3) is 4.22. The van der Waals surface area contributed by atoms with E-state index in [2.05, 4.69) is 5.32 Å². The Labute approximate surface area is 155 Å². The highest BCUT2D eigenvalue weighted by molar-refractivity contribution is 7.92. The maximum absolute atomic E-state index is 13.7. The first-order valence-corrected chi connectivity index (χ1v) is 9.81. The van der Waals surface area contributed by atoms with Crippen LogP contribution in [0.15, 0.2) is 60.7 Å². The second kappa shape index (κ2) is 7.32. The number of nitrogens with zero attached hydrogens (tertiary/aromatic N) is 1. The van der Waals surface area contributed by atoms with Crippen LogP contribution in [-0.2, 0) is 14.8 Å². The standard InChI is InChI=1S/C19H16F2N2O3S/c1-27(25,26)23(18-8-4-6-13-5-2-3-7-15(13)18)12-19(24)22-17-10-9-14(20)11-16(17)21/h2-11H,12H2,1H3,(H,22,24). The molecule has 0 unspecified atom stereocenters. The van der Waals surface area contributed by atoms with Gasteiger partial charge in [0.2, 0.25) is 15.9 Å². The second-order valence-electron chi connectivity index (χ2n) is 5.94. The maximum atomic E-state index is 13.7. The van der Waals surface area contributed by atoms with Crippen molar-refractivity contribution in [2.24, 2.45) is 0 Å². The van der Waals surface area contributed by atoms with Crippen LogP contribution in [0.5, 0.6) is 0 Å². The Hall–Kier alpha value is -3.00. The predicted octanol–water partition coefficient (Wildman–Crippen LogP) is 3.52. The molecule has 0 heterocycles. The number of anilines is 2. The van der Waals surface area contributed by atoms with E-state index in [0.717, 1.165) is 28.1 Å². The average Bonchev–Trinajstić information content (AvgIpc) is 2.61. The van der Waals surface area contributed by atoms with Crippen LogP contribution < -0.4 is 9.62 Å². The number of carbonyl (C=O) groups excluding carboxylic acids is 1. The molecule has 3 aromatic rings. The third-order valence-electron chi connectivity index (χ3n) is 3.93. The quantitative estimate of drug-likeness (QED) is 0.725. The van der Waals surface area contributed by atoms with Gasteiger partial charge >= 0.3 is 0 Å². The minimum Gasteiger partial charge on any atom is -0.322 e. The Bertz CT molecular complexity index is 1110. The van der Waals surface area contributed by atoms with E-state index in [1.807, 2.05) is 18.2 Å². The molecule has 0 radical (unpaired) electrons. The highest BCUT2D eigenvalue weighted by Gasteiger charge is 2.23. The van der Waals surface area contributed by atoms with Gasteiger partial charge < -0.3 is 5.32 Å². The van der Waals surface area contributed by atoms with Crippen LogP contribution >= 0.6 is 0 Å². The average molecular weight is 390 g/mol. The highest BCUT2D eigenvalue weighted by Crippen LogP contribution is 2.28. The van der Waals surface area contributed by atoms with Crippen LogP contribution in [0.3, 0.4) is 0 Å². The molecule has 140 valence electrons. The summed E-state index contributed by atoms with van der Waals surface area (Å²) >= 11 is 0. The minimum atomic E-state index is -3.79. The van der Waals surface area contributed by atoms with E-state index in [9.17, 15) is 22.0 Å². The van der Waals surface area contributed by atoms with Gasteiger partial charge in [-0.05, 0) is 23.6 Å². The van der Waals surface area contributed by atoms with Crippen molar-refractivity contribution in [3.05, 3.63) is 72.3 Å². The van der Waals surface area contributed by atoms with Gasteiger partial charge in [-0.3, -0.25) is 9.10 Å². The van der Waals surface area contributed by atoms with Crippen molar-refractivity contribution >= 4 is 38.1 Å². The molecule has 0 spiro atoms. The van der Waals surface area contributed by atoms with Crippen LogP contribution in [0.25, 0.3) is 10.8 Å². The fourth-order valence-corrected chi connectivity index (χ4v) is 3.59. The number of halogens is 2. The largest absolute Gasteiger partial charge is 0.322 e. The third-order valence-corrected chi connectivity index (χ3v) is 5.05. The Morgan fingerprint density at radius 2 is 1.74 bits per heavy atom. The molecule has 0 aliphatic rings. The van der Waals surface area contributed by atoms with Crippen molar-refractivity contribution in [2.45, 2.75) is 0 Å². The molecule has 0 fully saturated rings. The van der Waals surface area contributed by atoms with E-state index in [1.165, 1.54) is 0 Å². The van der Waals surface area contributed by atoms with Crippen molar-refractivity contribution in [1.29, 1.82) is 0 Å². The predicted molar refractivity (Wildman–Crippen MR) is 101 cm³/mol. The fraction of sp³-hybridized carbons (Fsp3) is 0.105. The summed E-state index contributed by atoms with van der Waals surface area (Å²) in [7, 11) is -3.79. The first-order chi connectivity index (χ1) is 12.8. The zero-order chi connectivity index (χ0) is 19.6. The molecule has 5 nitrogen and oxygen atoms in total. The molecule has 3 aromatic carbocycles. The summed E-state index contributed by atoms with van der Waals surface area (Å²) in [4.78, 5) is 12.3. The molecule has 27 heavy (non-hydrogen) atoms. The molecule has 0 aliphatic carbocycles. The lowest BCUT2D eigenvalue weighted by atomic mass is 10.1. The van der Waals surface area contributed by atoms with E-state index in [1.54, 1.807) is 24.3 Å². The summed E-state index contributed by atoms with van der Waals surface area (Å²) in [5.41, 5.74) is 0.109. The maximum Gasteiger partial charge on any atom is 0.245 e. The lowest BCUT2D eigenvalue weighted by Crippen LogP contribution is -2.37. The van der Waals surface area contributed by atoms with Gasteiger partial charge in [0, 0.05) is 11.5 Å². The molecule has 1 amide bonds. The number of hydrogen-bond acceptors (Lipinski definition) is 3. The number of hydrogen-bond donors (Lipinski definition) is 1. The topological polar surface area (TPSA) is 66.5 Å². The molecule has 8 heteroatoms. The summed E-state index contributed by atoms with van der Waals surface area (Å²) in [6, 6.07) is 15.0. The number of amides is 1. The van der Waals surface area contributed by atoms with Crippen molar-refractivity contribution in [3.8, 4) is 0 Å². The van der Waals surface area contributed by atoms with Crippen LogP contribution in [0, 0.1) is 11.6 Å². The molecular formula is C19H16F2N2O3S. The molecule has 0 bridgehead atoms. The first-order valence-electron chi connectivity index (χ1n) is 7.96. The highest BCUT2D eigenvalue weighted by atomic mass is 32.2. The van der Waals surface area contributed by atoms with Gasteiger partial charge in [-0.2, -0.15) is 0 Å². The van der Waals surface area contributed by atoms with E-state index in [-0.39, 0.29) is 5.69 Å². The van der Waals surface area contributed by atoms with Crippen LogP contribution in [-0.4, -0.2) is 27.1 Å². The smallest absolute Gasteiger partial charge is 0.245 e. The number of benzene rings is 3. The number of carbonyl (C=O) groups is 1. The molecular weight excluding hydrogens is 374 g/mol. The molecule has 0 aromatic heterocycles. The van der Waals surface area contributed by atoms with Crippen molar-refractivity contribution in [3.63, 3.8) is 0 Å². The zero-order valence-corrected chi connectivity index (χ0v) is 15.1. The van der Waals surface area contributed by atoms with Crippen molar-refractivity contribution < 1.29 is 22.0 Å². The molecule has 0 atom stereocenters. The van der Waals surface area contributed by atoms with E-state index in [4.69, 9.17) is 0 Å². The normalized spacial score (nSPS) is 11.4. The van der Waals surface area contributed by atoms with Gasteiger partial charge in [-0.1, -0.05) is 36.4 Å². The van der Waals surface area contributed by atoms with Gasteiger partial charge in [0.15, 0.2) is 0 Å². The zero-order valence-electron chi connectivity index (χ0n) is 14.3. The molecule has 0 saturated carbocycles. The summed E-state index contributed by atoms with van der Waals surface area (Å²) in [5.74, 6) is -2.47. The van der Waals surface area contributed by atoms with Crippen LogP contribution in [0.1, 0.15) is 0 Å². The monoisotopic (exact) mass is 390 g/mol. The lowest BCUT2D eigenvalue weighted by molar-refractivity contribution is -0.114. The first kappa shape index (κ1) is 18.8. The summed E-state index contributed by atoms with van der Waals surface area (Å²) < 4.78 is 52.3. The molecule has 1 N–H and O–H groups in total. The number of rotatable bonds is 5. The Kier molecular flexibility index (Phi) is 5.09. The minimum absolute atomic E-state index is 0.229. The van der Waals surface area contributed by atoms with Gasteiger partial charge in [0.05, 0.1) is 17.6 Å². The SMILES string of the molecule is CS(=O)(=O)N(CC(=O)Nc1ccc(F)cc1F)c1cccc2ccccc12. The Balaban J connectivity index is 1.93. The summed E-state index contributed by atoms with van der Waals surface area (Å²) in [6.07, 6.45) is 0.987. The van der Waals surface area contributed by atoms with Crippen LogP contribution in [0.4, 0.5) is 20.2 Å². The number of sulfonamides is 1. The number of nitrogens with one attached hydrogen (secondary N) is 1. The van der Waals surface area contributed by atoms with Gasteiger partial charge in [-0.25, -0.2) is 17.2 Å². The van der Waals surface area contributed by atoms with E-state index >= 15 is 0 Å². The summed E-state index contributed by atoms with van der Waals surface area (Å²) in [6.45, 7) is -0.552.